The maximum Gasteiger partial charge on any atom is 0.343 e. The van der Waals surface area contributed by atoms with Crippen LogP contribution in [0.3, 0.4) is 0 Å². The molecule has 7 nitrogen and oxygen atoms in total. The smallest absolute Gasteiger partial charge is 0.343 e. The first kappa shape index (κ1) is 22.5. The summed E-state index contributed by atoms with van der Waals surface area (Å²) in [7, 11) is 0. The van der Waals surface area contributed by atoms with E-state index in [1.807, 2.05) is 35.6 Å². The Morgan fingerprint density at radius 2 is 1.82 bits per heavy atom. The Morgan fingerprint density at radius 3 is 2.58 bits per heavy atom. The van der Waals surface area contributed by atoms with Crippen molar-refractivity contribution in [1.29, 1.82) is 0 Å². The first-order valence-corrected chi connectivity index (χ1v) is 11.2. The van der Waals surface area contributed by atoms with Gasteiger partial charge in [0.1, 0.15) is 29.5 Å². The van der Waals surface area contributed by atoms with Crippen molar-refractivity contribution in [3.8, 4) is 17.0 Å². The second-order valence-electron chi connectivity index (χ2n) is 7.25. The minimum absolute atomic E-state index is 0.00120. The van der Waals surface area contributed by atoms with Gasteiger partial charge in [-0.1, -0.05) is 34.1 Å². The van der Waals surface area contributed by atoms with Crippen molar-refractivity contribution in [1.82, 2.24) is 9.38 Å². The molecule has 0 spiro atoms. The molecule has 0 unspecified atom stereocenters. The van der Waals surface area contributed by atoms with Crippen LogP contribution in [0.15, 0.2) is 71.2 Å². The maximum absolute atomic E-state index is 12.5. The van der Waals surface area contributed by atoms with Crippen LogP contribution < -0.4 is 10.1 Å². The fourth-order valence-corrected chi connectivity index (χ4v) is 3.71. The molecule has 0 aliphatic rings. The average Bonchev–Trinajstić information content (AvgIpc) is 3.18. The molecule has 0 saturated carbocycles. The van der Waals surface area contributed by atoms with Gasteiger partial charge in [0, 0.05) is 15.7 Å². The van der Waals surface area contributed by atoms with E-state index in [4.69, 9.17) is 14.5 Å². The van der Waals surface area contributed by atoms with Gasteiger partial charge in [0.15, 0.2) is 0 Å². The summed E-state index contributed by atoms with van der Waals surface area (Å²) in [5, 5.41) is 3.17. The Balaban J connectivity index is 1.67. The van der Waals surface area contributed by atoms with Crippen molar-refractivity contribution in [3.63, 3.8) is 0 Å². The van der Waals surface area contributed by atoms with Crippen LogP contribution in [0.25, 0.3) is 16.9 Å². The molecule has 2 aromatic heterocycles. The summed E-state index contributed by atoms with van der Waals surface area (Å²) in [6.45, 7) is 4.04. The van der Waals surface area contributed by atoms with Gasteiger partial charge in [-0.15, -0.1) is 0 Å². The number of imidazole rings is 1. The molecule has 33 heavy (non-hydrogen) atoms. The highest BCUT2D eigenvalue weighted by Crippen LogP contribution is 2.32. The van der Waals surface area contributed by atoms with Gasteiger partial charge in [-0.3, -0.25) is 9.20 Å². The maximum atomic E-state index is 12.5. The van der Waals surface area contributed by atoms with Gasteiger partial charge in [-0.25, -0.2) is 9.78 Å². The van der Waals surface area contributed by atoms with Crippen molar-refractivity contribution in [2.45, 2.75) is 13.8 Å². The van der Waals surface area contributed by atoms with E-state index in [9.17, 15) is 9.59 Å². The van der Waals surface area contributed by atoms with Crippen molar-refractivity contribution in [3.05, 3.63) is 82.5 Å². The molecule has 4 aromatic rings. The van der Waals surface area contributed by atoms with Crippen LogP contribution in [0.4, 0.5) is 5.82 Å². The lowest BCUT2D eigenvalue weighted by Crippen LogP contribution is -2.18. The van der Waals surface area contributed by atoms with Gasteiger partial charge in [0.05, 0.1) is 12.2 Å². The zero-order valence-electron chi connectivity index (χ0n) is 18.2. The van der Waals surface area contributed by atoms with Gasteiger partial charge in [-0.2, -0.15) is 0 Å². The minimum Gasteiger partial charge on any atom is -0.465 e. The second-order valence-corrected chi connectivity index (χ2v) is 8.17. The zero-order valence-corrected chi connectivity index (χ0v) is 19.8. The highest BCUT2D eigenvalue weighted by atomic mass is 79.9. The molecule has 1 N–H and O–H groups in total. The van der Waals surface area contributed by atoms with Crippen LogP contribution in [-0.4, -0.2) is 34.5 Å². The van der Waals surface area contributed by atoms with Gasteiger partial charge in [-0.05, 0) is 62.4 Å². The van der Waals surface area contributed by atoms with E-state index in [2.05, 4.69) is 21.2 Å². The Morgan fingerprint density at radius 1 is 1.06 bits per heavy atom. The number of carbonyl (C=O) groups is 2. The van der Waals surface area contributed by atoms with Crippen molar-refractivity contribution < 1.29 is 19.1 Å². The average molecular weight is 508 g/mol. The molecule has 4 rings (SSSR count). The number of aromatic nitrogens is 2. The number of carbonyl (C=O) groups excluding carboxylic acids is 2. The van der Waals surface area contributed by atoms with Crippen LogP contribution in [0.5, 0.6) is 5.75 Å². The number of nitrogens with one attached hydrogen (secondary N) is 1. The van der Waals surface area contributed by atoms with Crippen molar-refractivity contribution >= 4 is 39.3 Å². The van der Waals surface area contributed by atoms with E-state index in [0.717, 1.165) is 21.4 Å². The standard InChI is InChI=1S/C25H22BrN3O4/c1-3-32-22(30)15-27-24-23(28-21-9-4-6-16(2)29(21)24)18-7-5-8-20(14-18)33-25(31)17-10-12-19(26)13-11-17/h4-14,27H,3,15H2,1-2H3. The normalized spacial score (nSPS) is 10.8. The number of halogens is 1. The molecule has 0 aliphatic carbocycles. The summed E-state index contributed by atoms with van der Waals surface area (Å²) in [5.41, 5.74) is 3.51. The predicted octanol–water partition coefficient (Wildman–Crippen LogP) is 5.27. The molecular formula is C25H22BrN3O4. The molecule has 8 heteroatoms. The number of nitrogens with zero attached hydrogens (tertiary/aromatic N) is 2. The molecule has 0 amide bonds. The second kappa shape index (κ2) is 9.87. The van der Waals surface area contributed by atoms with Crippen LogP contribution in [0.1, 0.15) is 23.0 Å². The molecule has 0 saturated heterocycles. The molecule has 0 fully saturated rings. The lowest BCUT2D eigenvalue weighted by atomic mass is 10.1. The molecular weight excluding hydrogens is 486 g/mol. The third kappa shape index (κ3) is 5.06. The lowest BCUT2D eigenvalue weighted by Gasteiger charge is -2.11. The Kier molecular flexibility index (Phi) is 6.74. The summed E-state index contributed by atoms with van der Waals surface area (Å²) in [4.78, 5) is 29.3. The fourth-order valence-electron chi connectivity index (χ4n) is 3.45. The third-order valence-corrected chi connectivity index (χ3v) is 5.47. The summed E-state index contributed by atoms with van der Waals surface area (Å²) in [5.74, 6) is 0.244. The van der Waals surface area contributed by atoms with Gasteiger partial charge in [0.25, 0.3) is 0 Å². The largest absolute Gasteiger partial charge is 0.465 e. The fraction of sp³-hybridized carbons (Fsp3) is 0.160. The van der Waals surface area contributed by atoms with Crippen molar-refractivity contribution in [2.75, 3.05) is 18.5 Å². The molecule has 0 atom stereocenters. The number of aryl methyl sites for hydroxylation is 1. The van der Waals surface area contributed by atoms with E-state index in [1.54, 1.807) is 49.4 Å². The van der Waals surface area contributed by atoms with E-state index in [1.165, 1.54) is 0 Å². The monoisotopic (exact) mass is 507 g/mol. The number of fused-ring (bicyclic) bond motifs is 1. The zero-order chi connectivity index (χ0) is 23.4. The molecule has 168 valence electrons. The summed E-state index contributed by atoms with van der Waals surface area (Å²) in [6.07, 6.45) is 0. The topological polar surface area (TPSA) is 81.9 Å². The predicted molar refractivity (Wildman–Crippen MR) is 130 cm³/mol. The van der Waals surface area contributed by atoms with E-state index < -0.39 is 5.97 Å². The highest BCUT2D eigenvalue weighted by molar-refractivity contribution is 9.10. The number of hydrogen-bond donors (Lipinski definition) is 1. The number of hydrogen-bond acceptors (Lipinski definition) is 6. The number of pyridine rings is 1. The number of esters is 2. The quantitative estimate of drug-likeness (QED) is 0.271. The van der Waals surface area contributed by atoms with Crippen LogP contribution >= 0.6 is 15.9 Å². The lowest BCUT2D eigenvalue weighted by molar-refractivity contribution is -0.140. The summed E-state index contributed by atoms with van der Waals surface area (Å²) < 4.78 is 13.5. The van der Waals surface area contributed by atoms with E-state index in [-0.39, 0.29) is 12.5 Å². The molecule has 0 radical (unpaired) electrons. The Labute approximate surface area is 199 Å². The number of benzene rings is 2. The summed E-state index contributed by atoms with van der Waals surface area (Å²) in [6, 6.07) is 19.9. The van der Waals surface area contributed by atoms with E-state index >= 15 is 0 Å². The van der Waals surface area contributed by atoms with Crippen LogP contribution in [0, 0.1) is 6.92 Å². The Bertz CT molecular complexity index is 1320. The SMILES string of the molecule is CCOC(=O)CNc1c(-c2cccc(OC(=O)c3ccc(Br)cc3)c2)nc2cccc(C)n12. The van der Waals surface area contributed by atoms with Crippen molar-refractivity contribution in [2.24, 2.45) is 0 Å². The van der Waals surface area contributed by atoms with E-state index in [0.29, 0.717) is 29.4 Å². The van der Waals surface area contributed by atoms with Gasteiger partial charge < -0.3 is 14.8 Å². The number of ether oxygens (including phenoxy) is 2. The number of rotatable bonds is 7. The van der Waals surface area contributed by atoms with Crippen LogP contribution in [-0.2, 0) is 9.53 Å². The van der Waals surface area contributed by atoms with Gasteiger partial charge in [0.2, 0.25) is 0 Å². The molecule has 0 bridgehead atoms. The van der Waals surface area contributed by atoms with Gasteiger partial charge >= 0.3 is 11.9 Å². The Hall–Kier alpha value is -3.65. The first-order chi connectivity index (χ1) is 16.0. The molecule has 0 aliphatic heterocycles. The molecule has 2 aromatic carbocycles. The first-order valence-electron chi connectivity index (χ1n) is 10.4. The minimum atomic E-state index is -0.453. The third-order valence-electron chi connectivity index (χ3n) is 4.94. The van der Waals surface area contributed by atoms with Crippen LogP contribution in [0.2, 0.25) is 0 Å². The summed E-state index contributed by atoms with van der Waals surface area (Å²) >= 11 is 3.36. The number of anilines is 1. The highest BCUT2D eigenvalue weighted by Gasteiger charge is 2.18. The molecule has 2 heterocycles.